The average Bonchev–Trinajstić information content (AvgIpc) is 3.02. The lowest BCUT2D eigenvalue weighted by atomic mass is 9.99. The van der Waals surface area contributed by atoms with Gasteiger partial charge < -0.3 is 4.90 Å². The van der Waals surface area contributed by atoms with Crippen LogP contribution < -0.4 is 4.72 Å². The van der Waals surface area contributed by atoms with E-state index in [-0.39, 0.29) is 16.8 Å². The molecule has 2 aromatic rings. The predicted molar refractivity (Wildman–Crippen MR) is 109 cm³/mol. The highest BCUT2D eigenvalue weighted by molar-refractivity contribution is 7.89. The molecule has 1 aliphatic rings. The summed E-state index contributed by atoms with van der Waals surface area (Å²) in [4.78, 5) is 16.5. The van der Waals surface area contributed by atoms with Crippen LogP contribution in [0.5, 0.6) is 0 Å². The number of rotatable bonds is 3. The van der Waals surface area contributed by atoms with Crippen molar-refractivity contribution in [2.24, 2.45) is 0 Å². The fourth-order valence-electron chi connectivity index (χ4n) is 3.40. The van der Waals surface area contributed by atoms with Gasteiger partial charge in [0.1, 0.15) is 0 Å². The molecule has 7 heteroatoms. The number of benzene rings is 1. The molecular weight excluding hydrogens is 380 g/mol. The van der Waals surface area contributed by atoms with Gasteiger partial charge in [0.05, 0.1) is 10.9 Å². The highest BCUT2D eigenvalue weighted by Gasteiger charge is 2.30. The minimum atomic E-state index is -3.69. The molecule has 1 amide bonds. The molecule has 1 aromatic carbocycles. The zero-order valence-electron chi connectivity index (χ0n) is 16.4. The number of hydrogen-bond donors (Lipinski definition) is 1. The first-order valence-corrected chi connectivity index (χ1v) is 11.4. The number of aryl methyl sites for hydroxylation is 1. The summed E-state index contributed by atoms with van der Waals surface area (Å²) in [5.74, 6) is -0.121. The number of carbonyl (C=O) groups is 1. The maximum atomic E-state index is 13.2. The van der Waals surface area contributed by atoms with E-state index >= 15 is 0 Å². The zero-order chi connectivity index (χ0) is 20.0. The highest BCUT2D eigenvalue weighted by Crippen LogP contribution is 2.34. The number of thiophene rings is 1. The van der Waals surface area contributed by atoms with Crippen LogP contribution in [0.2, 0.25) is 0 Å². The summed E-state index contributed by atoms with van der Waals surface area (Å²) in [5.41, 5.74) is 1.82. The summed E-state index contributed by atoms with van der Waals surface area (Å²) < 4.78 is 28.0. The van der Waals surface area contributed by atoms with E-state index in [1.54, 1.807) is 44.2 Å². The number of fused-ring (bicyclic) bond motifs is 1. The average molecular weight is 407 g/mol. The summed E-state index contributed by atoms with van der Waals surface area (Å²) in [6, 6.07) is 6.82. The minimum Gasteiger partial charge on any atom is -0.331 e. The fourth-order valence-corrected chi connectivity index (χ4v) is 5.81. The Morgan fingerprint density at radius 1 is 1.26 bits per heavy atom. The number of amides is 1. The lowest BCUT2D eigenvalue weighted by Gasteiger charge is -2.34. The lowest BCUT2D eigenvalue weighted by molar-refractivity contribution is 0.0678. The lowest BCUT2D eigenvalue weighted by Crippen LogP contribution is -2.41. The van der Waals surface area contributed by atoms with Gasteiger partial charge >= 0.3 is 0 Å². The van der Waals surface area contributed by atoms with Crippen LogP contribution in [0.1, 0.15) is 60.1 Å². The fraction of sp³-hybridized carbons (Fsp3) is 0.450. The molecular formula is C20H26N2O3S2. The number of sulfonamides is 1. The van der Waals surface area contributed by atoms with Gasteiger partial charge in [-0.3, -0.25) is 4.79 Å². The molecule has 0 aliphatic carbocycles. The summed E-state index contributed by atoms with van der Waals surface area (Å²) >= 11 is 1.73. The van der Waals surface area contributed by atoms with Crippen molar-refractivity contribution in [2.45, 2.75) is 57.5 Å². The van der Waals surface area contributed by atoms with Crippen LogP contribution >= 0.6 is 11.3 Å². The van der Waals surface area contributed by atoms with Crippen LogP contribution in [0.4, 0.5) is 0 Å². The van der Waals surface area contributed by atoms with Gasteiger partial charge in [-0.15, -0.1) is 11.3 Å². The molecule has 0 saturated carbocycles. The quantitative estimate of drug-likeness (QED) is 0.841. The first-order valence-electron chi connectivity index (χ1n) is 9.01. The number of nitrogens with one attached hydrogen (secondary N) is 1. The van der Waals surface area contributed by atoms with Crippen molar-refractivity contribution in [3.63, 3.8) is 0 Å². The van der Waals surface area contributed by atoms with Crippen molar-refractivity contribution in [1.29, 1.82) is 0 Å². The van der Waals surface area contributed by atoms with E-state index < -0.39 is 15.6 Å². The Balaban J connectivity index is 1.94. The molecule has 3 rings (SSSR count). The first-order chi connectivity index (χ1) is 12.5. The molecule has 1 atom stereocenters. The van der Waals surface area contributed by atoms with Gasteiger partial charge in [-0.1, -0.05) is 6.07 Å². The molecule has 1 N–H and O–H groups in total. The second kappa shape index (κ2) is 7.04. The Bertz CT molecular complexity index is 971. The van der Waals surface area contributed by atoms with E-state index in [2.05, 4.69) is 16.2 Å². The molecule has 5 nitrogen and oxygen atoms in total. The van der Waals surface area contributed by atoms with Gasteiger partial charge in [-0.05, 0) is 75.7 Å². The van der Waals surface area contributed by atoms with Gasteiger partial charge in [0.2, 0.25) is 10.0 Å². The van der Waals surface area contributed by atoms with Gasteiger partial charge in [-0.25, -0.2) is 13.1 Å². The van der Waals surface area contributed by atoms with Crippen LogP contribution in [0, 0.1) is 6.92 Å². The SMILES string of the molecule is Cc1ccc(S(=O)(=O)NC(C)(C)C)cc1C(=O)N1CCc2sccc2C1C. The largest absolute Gasteiger partial charge is 0.331 e. The molecule has 2 heterocycles. The van der Waals surface area contributed by atoms with E-state index in [1.807, 2.05) is 18.7 Å². The predicted octanol–water partition coefficient (Wildman–Crippen LogP) is 3.89. The van der Waals surface area contributed by atoms with Crippen LogP contribution in [0.3, 0.4) is 0 Å². The number of carbonyl (C=O) groups excluding carboxylic acids is 1. The third-order valence-electron chi connectivity index (χ3n) is 4.73. The molecule has 1 aromatic heterocycles. The van der Waals surface area contributed by atoms with E-state index in [9.17, 15) is 13.2 Å². The minimum absolute atomic E-state index is 0.0140. The van der Waals surface area contributed by atoms with E-state index in [4.69, 9.17) is 0 Å². The normalized spacial score (nSPS) is 17.7. The molecule has 1 unspecified atom stereocenters. The second-order valence-corrected chi connectivity index (χ2v) is 10.7. The summed E-state index contributed by atoms with van der Waals surface area (Å²) in [6.07, 6.45) is 0.839. The van der Waals surface area contributed by atoms with Crippen molar-refractivity contribution < 1.29 is 13.2 Å². The maximum absolute atomic E-state index is 13.2. The maximum Gasteiger partial charge on any atom is 0.254 e. The van der Waals surface area contributed by atoms with Gasteiger partial charge in [0.25, 0.3) is 5.91 Å². The molecule has 0 bridgehead atoms. The summed E-state index contributed by atoms with van der Waals surface area (Å²) in [7, 11) is -3.69. The molecule has 27 heavy (non-hydrogen) atoms. The van der Waals surface area contributed by atoms with Crippen molar-refractivity contribution in [3.05, 3.63) is 51.2 Å². The van der Waals surface area contributed by atoms with Crippen molar-refractivity contribution in [2.75, 3.05) is 6.54 Å². The molecule has 0 fully saturated rings. The number of hydrogen-bond acceptors (Lipinski definition) is 4. The standard InChI is InChI=1S/C20H26N2O3S2/c1-13-6-7-15(27(24,25)21-20(3,4)5)12-17(13)19(23)22-10-8-18-16(14(22)2)9-11-26-18/h6-7,9,11-12,14,21H,8,10H2,1-5H3. The van der Waals surface area contributed by atoms with Crippen molar-refractivity contribution >= 4 is 27.3 Å². The van der Waals surface area contributed by atoms with Gasteiger partial charge in [0, 0.05) is 22.5 Å². The smallest absolute Gasteiger partial charge is 0.254 e. The molecule has 0 spiro atoms. The highest BCUT2D eigenvalue weighted by atomic mass is 32.2. The van der Waals surface area contributed by atoms with Crippen molar-refractivity contribution in [3.8, 4) is 0 Å². The Hall–Kier alpha value is -1.70. The van der Waals surface area contributed by atoms with Crippen LogP contribution in [0.25, 0.3) is 0 Å². The van der Waals surface area contributed by atoms with E-state index in [0.29, 0.717) is 12.1 Å². The molecule has 0 radical (unpaired) electrons. The summed E-state index contributed by atoms with van der Waals surface area (Å²) in [5, 5.41) is 2.06. The van der Waals surface area contributed by atoms with Crippen LogP contribution in [-0.4, -0.2) is 31.3 Å². The van der Waals surface area contributed by atoms with Crippen LogP contribution in [0.15, 0.2) is 34.5 Å². The van der Waals surface area contributed by atoms with E-state index in [1.165, 1.54) is 16.5 Å². The molecule has 146 valence electrons. The van der Waals surface area contributed by atoms with Gasteiger partial charge in [0.15, 0.2) is 0 Å². The Kier molecular flexibility index (Phi) is 5.22. The van der Waals surface area contributed by atoms with Crippen molar-refractivity contribution in [1.82, 2.24) is 9.62 Å². The summed E-state index contributed by atoms with van der Waals surface area (Å²) in [6.45, 7) is 9.88. The third-order valence-corrected chi connectivity index (χ3v) is 7.48. The van der Waals surface area contributed by atoms with Crippen LogP contribution in [-0.2, 0) is 16.4 Å². The molecule has 1 aliphatic heterocycles. The topological polar surface area (TPSA) is 66.5 Å². The third kappa shape index (κ3) is 4.10. The number of nitrogens with zero attached hydrogens (tertiary/aromatic N) is 1. The molecule has 0 saturated heterocycles. The Morgan fingerprint density at radius 2 is 1.96 bits per heavy atom. The zero-order valence-corrected chi connectivity index (χ0v) is 18.0. The van der Waals surface area contributed by atoms with Gasteiger partial charge in [-0.2, -0.15) is 0 Å². The first kappa shape index (κ1) is 20.0. The van der Waals surface area contributed by atoms with E-state index in [0.717, 1.165) is 12.0 Å². The monoisotopic (exact) mass is 406 g/mol. The Morgan fingerprint density at radius 3 is 2.63 bits per heavy atom. The second-order valence-electron chi connectivity index (χ2n) is 8.06. The Labute approximate surface area is 165 Å².